The van der Waals surface area contributed by atoms with Crippen molar-refractivity contribution in [1.29, 1.82) is 0 Å². The molecular formula is C16H11ClFN5O3S. The topological polar surface area (TPSA) is 116 Å². The van der Waals surface area contributed by atoms with Crippen LogP contribution >= 0.6 is 23.7 Å². The summed E-state index contributed by atoms with van der Waals surface area (Å²) in [5.74, 6) is -1.63. The number of hydrogen-bond donors (Lipinski definition) is 2. The van der Waals surface area contributed by atoms with Gasteiger partial charge >= 0.3 is 5.97 Å². The van der Waals surface area contributed by atoms with Crippen LogP contribution in [0, 0.1) is 5.95 Å². The van der Waals surface area contributed by atoms with Crippen LogP contribution in [0.25, 0.3) is 22.0 Å². The third kappa shape index (κ3) is 3.15. The molecule has 0 saturated carbocycles. The molecular weight excluding hydrogens is 397 g/mol. The SMILES string of the molecule is Cl.Nc1ccn(-c2ccc3c(=O)c(C(=O)O)cn(-c4nc(F)cs4)c3n2)c1. The molecule has 0 unspecified atom stereocenters. The third-order valence-electron chi connectivity index (χ3n) is 3.72. The van der Waals surface area contributed by atoms with Gasteiger partial charge in [-0.1, -0.05) is 0 Å². The molecule has 138 valence electrons. The first kappa shape index (κ1) is 18.5. The average molecular weight is 408 g/mol. The molecule has 0 amide bonds. The van der Waals surface area contributed by atoms with Crippen molar-refractivity contribution < 1.29 is 14.3 Å². The molecule has 0 aliphatic heterocycles. The number of nitrogens with zero attached hydrogens (tertiary/aromatic N) is 4. The van der Waals surface area contributed by atoms with E-state index in [0.29, 0.717) is 11.5 Å². The molecule has 4 heterocycles. The number of aromatic carboxylic acids is 1. The second-order valence-corrected chi connectivity index (χ2v) is 6.23. The quantitative estimate of drug-likeness (QED) is 0.539. The minimum Gasteiger partial charge on any atom is -0.477 e. The lowest BCUT2D eigenvalue weighted by atomic mass is 10.2. The first-order chi connectivity index (χ1) is 12.4. The van der Waals surface area contributed by atoms with E-state index >= 15 is 0 Å². The zero-order valence-electron chi connectivity index (χ0n) is 13.4. The standard InChI is InChI=1S/C16H10FN5O3S.ClH/c17-11-7-26-16(19-11)22-6-10(15(24)25)13(23)9-1-2-12(20-14(9)22)21-4-3-8(18)5-21;/h1-7H,18H2,(H,24,25);1H. The van der Waals surface area contributed by atoms with Gasteiger partial charge in [0.05, 0.1) is 5.39 Å². The minimum atomic E-state index is -1.38. The zero-order valence-corrected chi connectivity index (χ0v) is 15.0. The number of nitrogens with two attached hydrogens (primary N) is 1. The molecule has 27 heavy (non-hydrogen) atoms. The van der Waals surface area contributed by atoms with Crippen LogP contribution in [0.4, 0.5) is 10.1 Å². The smallest absolute Gasteiger partial charge is 0.341 e. The van der Waals surface area contributed by atoms with Crippen LogP contribution in [0.2, 0.25) is 0 Å². The number of nitrogen functional groups attached to an aromatic ring is 1. The monoisotopic (exact) mass is 407 g/mol. The van der Waals surface area contributed by atoms with Crippen LogP contribution < -0.4 is 11.2 Å². The van der Waals surface area contributed by atoms with Crippen LogP contribution in [0.5, 0.6) is 0 Å². The van der Waals surface area contributed by atoms with E-state index in [-0.39, 0.29) is 28.6 Å². The Kier molecular flexibility index (Phi) is 4.68. The van der Waals surface area contributed by atoms with E-state index in [1.165, 1.54) is 16.0 Å². The van der Waals surface area contributed by atoms with E-state index in [9.17, 15) is 19.1 Å². The molecule has 0 aliphatic carbocycles. The number of rotatable bonds is 3. The molecule has 0 aromatic carbocycles. The second-order valence-electron chi connectivity index (χ2n) is 5.39. The summed E-state index contributed by atoms with van der Waals surface area (Å²) in [5, 5.41) is 10.7. The number of thiazole rings is 1. The number of carboxylic acids is 1. The predicted molar refractivity (Wildman–Crippen MR) is 101 cm³/mol. The largest absolute Gasteiger partial charge is 0.477 e. The molecule has 0 fully saturated rings. The number of pyridine rings is 2. The van der Waals surface area contributed by atoms with E-state index in [1.807, 2.05) is 0 Å². The van der Waals surface area contributed by atoms with E-state index < -0.39 is 22.9 Å². The molecule has 0 atom stereocenters. The van der Waals surface area contributed by atoms with Gasteiger partial charge in [0, 0.05) is 29.7 Å². The van der Waals surface area contributed by atoms with Crippen LogP contribution in [0.3, 0.4) is 0 Å². The Morgan fingerprint density at radius 2 is 2.00 bits per heavy atom. The molecule has 4 aromatic heterocycles. The summed E-state index contributed by atoms with van der Waals surface area (Å²) >= 11 is 0.965. The molecule has 0 saturated heterocycles. The van der Waals surface area contributed by atoms with Crippen molar-refractivity contribution in [2.75, 3.05) is 5.73 Å². The lowest BCUT2D eigenvalue weighted by Gasteiger charge is -2.10. The first-order valence-electron chi connectivity index (χ1n) is 7.29. The molecule has 0 bridgehead atoms. The number of carboxylic acid groups (broad SMARTS) is 1. The Labute approximate surface area is 160 Å². The van der Waals surface area contributed by atoms with Gasteiger partial charge in [0.2, 0.25) is 11.4 Å². The van der Waals surface area contributed by atoms with Gasteiger partial charge in [-0.15, -0.1) is 23.7 Å². The molecule has 8 nitrogen and oxygen atoms in total. The fourth-order valence-electron chi connectivity index (χ4n) is 2.55. The van der Waals surface area contributed by atoms with Crippen LogP contribution in [0.1, 0.15) is 10.4 Å². The fraction of sp³-hybridized carbons (Fsp3) is 0. The van der Waals surface area contributed by atoms with E-state index in [4.69, 9.17) is 5.73 Å². The van der Waals surface area contributed by atoms with Crippen molar-refractivity contribution in [2.24, 2.45) is 0 Å². The van der Waals surface area contributed by atoms with Gasteiger partial charge in [-0.3, -0.25) is 9.36 Å². The van der Waals surface area contributed by atoms with E-state index in [1.54, 1.807) is 29.1 Å². The molecule has 0 spiro atoms. The van der Waals surface area contributed by atoms with E-state index in [0.717, 1.165) is 17.5 Å². The summed E-state index contributed by atoms with van der Waals surface area (Å²) < 4.78 is 16.3. The summed E-state index contributed by atoms with van der Waals surface area (Å²) in [4.78, 5) is 32.0. The number of fused-ring (bicyclic) bond motifs is 1. The summed E-state index contributed by atoms with van der Waals surface area (Å²) in [5.41, 5.74) is 5.29. The summed E-state index contributed by atoms with van der Waals surface area (Å²) in [6, 6.07) is 4.73. The zero-order chi connectivity index (χ0) is 18.4. The summed E-state index contributed by atoms with van der Waals surface area (Å²) in [7, 11) is 0. The number of halogens is 2. The fourth-order valence-corrected chi connectivity index (χ4v) is 3.19. The molecule has 4 aromatic rings. The highest BCUT2D eigenvalue weighted by atomic mass is 35.5. The Morgan fingerprint density at radius 3 is 2.59 bits per heavy atom. The van der Waals surface area contributed by atoms with Crippen LogP contribution in [-0.2, 0) is 0 Å². The lowest BCUT2D eigenvalue weighted by molar-refractivity contribution is 0.0695. The Balaban J connectivity index is 0.00000210. The normalized spacial score (nSPS) is 10.7. The molecule has 0 aliphatic rings. The van der Waals surface area contributed by atoms with Crippen molar-refractivity contribution in [3.05, 3.63) is 63.9 Å². The molecule has 0 radical (unpaired) electrons. The summed E-state index contributed by atoms with van der Waals surface area (Å²) in [6.07, 6.45) is 4.44. The van der Waals surface area contributed by atoms with Crippen molar-refractivity contribution in [2.45, 2.75) is 0 Å². The van der Waals surface area contributed by atoms with Gasteiger partial charge in [-0.05, 0) is 18.2 Å². The van der Waals surface area contributed by atoms with Gasteiger partial charge < -0.3 is 15.4 Å². The first-order valence-corrected chi connectivity index (χ1v) is 8.17. The predicted octanol–water partition coefficient (Wildman–Crippen LogP) is 2.47. The Hall–Kier alpha value is -3.24. The number of carbonyl (C=O) groups is 1. The van der Waals surface area contributed by atoms with Gasteiger partial charge in [0.1, 0.15) is 11.4 Å². The molecule has 4 rings (SSSR count). The van der Waals surface area contributed by atoms with Crippen molar-refractivity contribution in [3.8, 4) is 10.9 Å². The van der Waals surface area contributed by atoms with Gasteiger partial charge in [0.15, 0.2) is 10.8 Å². The lowest BCUT2D eigenvalue weighted by Crippen LogP contribution is -2.19. The second kappa shape index (κ2) is 6.82. The van der Waals surface area contributed by atoms with Crippen molar-refractivity contribution in [1.82, 2.24) is 19.1 Å². The van der Waals surface area contributed by atoms with Crippen LogP contribution in [-0.4, -0.2) is 30.2 Å². The van der Waals surface area contributed by atoms with Crippen molar-refractivity contribution >= 4 is 46.4 Å². The highest BCUT2D eigenvalue weighted by molar-refractivity contribution is 7.12. The number of aromatic nitrogens is 4. The molecule has 3 N–H and O–H groups in total. The maximum absolute atomic E-state index is 13.4. The van der Waals surface area contributed by atoms with Crippen LogP contribution in [0.15, 0.2) is 47.0 Å². The maximum Gasteiger partial charge on any atom is 0.341 e. The highest BCUT2D eigenvalue weighted by Crippen LogP contribution is 2.21. The highest BCUT2D eigenvalue weighted by Gasteiger charge is 2.18. The average Bonchev–Trinajstić information content (AvgIpc) is 3.23. The van der Waals surface area contributed by atoms with Gasteiger partial charge in [0.25, 0.3) is 0 Å². The van der Waals surface area contributed by atoms with Gasteiger partial charge in [-0.2, -0.15) is 9.37 Å². The van der Waals surface area contributed by atoms with Gasteiger partial charge in [-0.25, -0.2) is 9.78 Å². The summed E-state index contributed by atoms with van der Waals surface area (Å²) in [6.45, 7) is 0. The van der Waals surface area contributed by atoms with Crippen molar-refractivity contribution in [3.63, 3.8) is 0 Å². The Morgan fingerprint density at radius 1 is 1.22 bits per heavy atom. The number of anilines is 1. The minimum absolute atomic E-state index is 0. The number of hydrogen-bond acceptors (Lipinski definition) is 6. The maximum atomic E-state index is 13.4. The Bertz CT molecular complexity index is 1230. The third-order valence-corrected chi connectivity index (χ3v) is 4.53. The van der Waals surface area contributed by atoms with E-state index in [2.05, 4.69) is 9.97 Å². The molecule has 11 heteroatoms.